The summed E-state index contributed by atoms with van der Waals surface area (Å²) in [7, 11) is 0. The third-order valence-corrected chi connectivity index (χ3v) is 6.67. The fourth-order valence-electron chi connectivity index (χ4n) is 4.28. The molecule has 0 spiro atoms. The highest BCUT2D eigenvalue weighted by Gasteiger charge is 2.39. The monoisotopic (exact) mass is 399 g/mol. The van der Waals surface area contributed by atoms with E-state index in [4.69, 9.17) is 4.74 Å². The van der Waals surface area contributed by atoms with Crippen LogP contribution in [0.3, 0.4) is 0 Å². The summed E-state index contributed by atoms with van der Waals surface area (Å²) in [6.45, 7) is 11.6. The number of hydrogen-bond acceptors (Lipinski definition) is 5. The molecule has 2 aliphatic heterocycles. The molecule has 2 unspecified atom stereocenters. The van der Waals surface area contributed by atoms with E-state index in [0.717, 1.165) is 32.6 Å². The second-order valence-electron chi connectivity index (χ2n) is 8.98. The van der Waals surface area contributed by atoms with Crippen LogP contribution in [0.4, 0.5) is 4.79 Å². The lowest BCUT2D eigenvalue weighted by atomic mass is 9.89. The number of carbonyl (C=O) groups is 1. The van der Waals surface area contributed by atoms with Gasteiger partial charge in [0.2, 0.25) is 0 Å². The number of nitrogens with zero attached hydrogens (tertiary/aromatic N) is 3. The van der Waals surface area contributed by atoms with Crippen molar-refractivity contribution in [2.45, 2.75) is 44.6 Å². The van der Waals surface area contributed by atoms with E-state index in [1.54, 1.807) is 0 Å². The van der Waals surface area contributed by atoms with E-state index in [-0.39, 0.29) is 6.09 Å². The molecule has 1 amide bonds. The summed E-state index contributed by atoms with van der Waals surface area (Å²) in [6.07, 6.45) is 4.76. The third-order valence-electron chi connectivity index (χ3n) is 5.58. The largest absolute Gasteiger partial charge is 0.444 e. The predicted molar refractivity (Wildman–Crippen MR) is 113 cm³/mol. The van der Waals surface area contributed by atoms with Crippen molar-refractivity contribution in [1.82, 2.24) is 14.2 Å². The van der Waals surface area contributed by atoms with Crippen molar-refractivity contribution >= 4 is 28.8 Å². The quantitative estimate of drug-likeness (QED) is 0.683. The molecule has 6 heteroatoms. The summed E-state index contributed by atoms with van der Waals surface area (Å²) < 4.78 is 8.05. The Morgan fingerprint density at radius 3 is 2.75 bits per heavy atom. The van der Waals surface area contributed by atoms with Crippen molar-refractivity contribution in [3.05, 3.63) is 36.2 Å². The van der Waals surface area contributed by atoms with Crippen LogP contribution in [0.5, 0.6) is 0 Å². The number of piperidine rings is 1. The molecular weight excluding hydrogens is 370 g/mol. The van der Waals surface area contributed by atoms with Gasteiger partial charge in [-0.15, -0.1) is 0 Å². The second-order valence-corrected chi connectivity index (χ2v) is 10.1. The molecule has 28 heavy (non-hydrogen) atoms. The number of pyridine rings is 1. The number of ether oxygens (including phenoxy) is 1. The van der Waals surface area contributed by atoms with Crippen LogP contribution in [-0.2, 0) is 4.74 Å². The van der Waals surface area contributed by atoms with Gasteiger partial charge in [0.1, 0.15) is 5.60 Å². The number of amides is 1. The normalized spacial score (nSPS) is 23.1. The van der Waals surface area contributed by atoms with Gasteiger partial charge >= 0.3 is 6.09 Å². The van der Waals surface area contributed by atoms with Crippen molar-refractivity contribution < 1.29 is 9.53 Å². The van der Waals surface area contributed by atoms with E-state index in [1.807, 2.05) is 50.0 Å². The summed E-state index contributed by atoms with van der Waals surface area (Å²) in [6, 6.07) is 6.44. The van der Waals surface area contributed by atoms with E-state index < -0.39 is 5.60 Å². The minimum atomic E-state index is -0.438. The Bertz CT molecular complexity index is 874. The van der Waals surface area contributed by atoms with E-state index in [0.29, 0.717) is 11.8 Å². The van der Waals surface area contributed by atoms with Gasteiger partial charge in [-0.25, -0.2) is 9.10 Å². The molecule has 0 aliphatic carbocycles. The number of rotatable bonds is 2. The molecule has 5 nitrogen and oxygen atoms in total. The maximum atomic E-state index is 12.4. The third kappa shape index (κ3) is 4.13. The van der Waals surface area contributed by atoms with E-state index in [2.05, 4.69) is 34.4 Å². The molecule has 3 heterocycles. The van der Waals surface area contributed by atoms with Crippen molar-refractivity contribution in [3.8, 4) is 0 Å². The molecule has 0 bridgehead atoms. The van der Waals surface area contributed by atoms with Crippen LogP contribution < -0.4 is 0 Å². The molecule has 4 rings (SSSR count). The molecule has 2 aliphatic rings. The molecule has 0 saturated carbocycles. The Kier molecular flexibility index (Phi) is 5.27. The van der Waals surface area contributed by atoms with Gasteiger partial charge in [0.25, 0.3) is 0 Å². The fraction of sp³-hybridized carbons (Fsp3) is 0.545. The standard InChI is InChI=1S/C22H29N3O2S/c1-15-10-23-11-16-6-5-7-19(20(15)16)28-25-13-17-8-9-24(12-18(17)14-25)21(26)27-22(2,3)4/h5-7,10-11,17-18H,8-9,12-14H2,1-4H3. The first-order chi connectivity index (χ1) is 13.3. The number of fused-ring (bicyclic) bond motifs is 2. The van der Waals surface area contributed by atoms with Crippen molar-refractivity contribution in [3.63, 3.8) is 0 Å². The first-order valence-electron chi connectivity index (χ1n) is 10.0. The van der Waals surface area contributed by atoms with E-state index in [9.17, 15) is 4.79 Å². The molecule has 2 atom stereocenters. The average Bonchev–Trinajstić information content (AvgIpc) is 3.02. The lowest BCUT2D eigenvalue weighted by Crippen LogP contribution is -2.45. The zero-order valence-electron chi connectivity index (χ0n) is 17.1. The van der Waals surface area contributed by atoms with Gasteiger partial charge in [-0.1, -0.05) is 12.1 Å². The number of benzene rings is 1. The van der Waals surface area contributed by atoms with Gasteiger partial charge in [0, 0.05) is 54.2 Å². The second kappa shape index (κ2) is 7.56. The highest BCUT2D eigenvalue weighted by atomic mass is 32.2. The fourth-order valence-corrected chi connectivity index (χ4v) is 5.60. The number of likely N-dealkylation sites (tertiary alicyclic amines) is 1. The van der Waals surface area contributed by atoms with Crippen molar-refractivity contribution in [2.24, 2.45) is 11.8 Å². The van der Waals surface area contributed by atoms with E-state index in [1.165, 1.54) is 21.2 Å². The molecular formula is C22H29N3O2S. The molecule has 0 radical (unpaired) electrons. The van der Waals surface area contributed by atoms with Gasteiger partial charge in [-0.05, 0) is 69.5 Å². The minimum absolute atomic E-state index is 0.172. The Balaban J connectivity index is 1.43. The summed E-state index contributed by atoms with van der Waals surface area (Å²) in [5.74, 6) is 1.18. The van der Waals surface area contributed by atoms with Gasteiger partial charge in [0.05, 0.1) is 0 Å². The van der Waals surface area contributed by atoms with Gasteiger partial charge in [-0.2, -0.15) is 0 Å². The molecule has 2 saturated heterocycles. The lowest BCUT2D eigenvalue weighted by Gasteiger charge is -2.35. The number of aromatic nitrogens is 1. The maximum absolute atomic E-state index is 12.4. The Hall–Kier alpha value is -1.79. The van der Waals surface area contributed by atoms with Crippen LogP contribution in [0.2, 0.25) is 0 Å². The molecule has 0 N–H and O–H groups in total. The van der Waals surface area contributed by atoms with Crippen LogP contribution in [0.1, 0.15) is 32.8 Å². The first kappa shape index (κ1) is 19.5. The van der Waals surface area contributed by atoms with Gasteiger partial charge in [0.15, 0.2) is 0 Å². The van der Waals surface area contributed by atoms with Gasteiger partial charge in [-0.3, -0.25) is 4.98 Å². The number of hydrogen-bond donors (Lipinski definition) is 0. The minimum Gasteiger partial charge on any atom is -0.444 e. The SMILES string of the molecule is Cc1cncc2cccc(SN3CC4CCN(C(=O)OC(C)(C)C)CC4C3)c12. The van der Waals surface area contributed by atoms with Crippen LogP contribution in [0.15, 0.2) is 35.5 Å². The Labute approximate surface area is 171 Å². The maximum Gasteiger partial charge on any atom is 0.410 e. The van der Waals surface area contributed by atoms with E-state index >= 15 is 0 Å². The van der Waals surface area contributed by atoms with Crippen molar-refractivity contribution in [1.29, 1.82) is 0 Å². The topological polar surface area (TPSA) is 45.7 Å². The molecule has 1 aromatic carbocycles. The Morgan fingerprint density at radius 2 is 1.96 bits per heavy atom. The summed E-state index contributed by atoms with van der Waals surface area (Å²) in [5.41, 5.74) is 0.778. The molecule has 2 aromatic rings. The van der Waals surface area contributed by atoms with Crippen molar-refractivity contribution in [2.75, 3.05) is 26.2 Å². The summed E-state index contributed by atoms with van der Waals surface area (Å²) >= 11 is 1.85. The van der Waals surface area contributed by atoms with Crippen LogP contribution in [0, 0.1) is 18.8 Å². The zero-order valence-corrected chi connectivity index (χ0v) is 18.0. The predicted octanol–water partition coefficient (Wildman–Crippen LogP) is 4.74. The average molecular weight is 400 g/mol. The number of aryl methyl sites for hydroxylation is 1. The highest BCUT2D eigenvalue weighted by Crippen LogP contribution is 2.39. The summed E-state index contributed by atoms with van der Waals surface area (Å²) in [5, 5.41) is 2.49. The summed E-state index contributed by atoms with van der Waals surface area (Å²) in [4.78, 5) is 19.9. The molecule has 150 valence electrons. The smallest absolute Gasteiger partial charge is 0.410 e. The zero-order chi connectivity index (χ0) is 19.9. The van der Waals surface area contributed by atoms with Gasteiger partial charge < -0.3 is 9.64 Å². The number of carbonyl (C=O) groups excluding carboxylic acids is 1. The molecule has 1 aromatic heterocycles. The highest BCUT2D eigenvalue weighted by molar-refractivity contribution is 7.97. The van der Waals surface area contributed by atoms with Crippen LogP contribution in [-0.4, -0.2) is 52.1 Å². The molecule has 2 fully saturated rings. The first-order valence-corrected chi connectivity index (χ1v) is 10.8. The van der Waals surface area contributed by atoms with Crippen LogP contribution in [0.25, 0.3) is 10.8 Å². The lowest BCUT2D eigenvalue weighted by molar-refractivity contribution is 0.0139. The van der Waals surface area contributed by atoms with Crippen LogP contribution >= 0.6 is 11.9 Å². The Morgan fingerprint density at radius 1 is 1.18 bits per heavy atom.